The predicted molar refractivity (Wildman–Crippen MR) is 62.6 cm³/mol. The van der Waals surface area contributed by atoms with Crippen LogP contribution in [0, 0.1) is 5.92 Å². The zero-order valence-corrected chi connectivity index (χ0v) is 9.86. The first kappa shape index (κ1) is 10.2. The van der Waals surface area contributed by atoms with Gasteiger partial charge in [-0.05, 0) is 38.7 Å². The number of hydrogen-bond donors (Lipinski definition) is 1. The average Bonchev–Trinajstić information content (AvgIpc) is 2.90. The van der Waals surface area contributed by atoms with Gasteiger partial charge in [-0.25, -0.2) is 0 Å². The van der Waals surface area contributed by atoms with E-state index in [4.69, 9.17) is 4.74 Å². The zero-order chi connectivity index (χ0) is 11.4. The molecule has 1 saturated carbocycles. The zero-order valence-electron chi connectivity index (χ0n) is 9.86. The molecule has 1 spiro atoms. The summed E-state index contributed by atoms with van der Waals surface area (Å²) >= 11 is 0. The standard InChI is InChI=1S/C14H18O2/c1-13(2)9-14(7-10(14)8-15)11-5-3-4-6-12(11)16-13/h3-6,10,15H,7-9H2,1-2H3. The lowest BCUT2D eigenvalue weighted by Crippen LogP contribution is -2.39. The molecule has 1 aliphatic heterocycles. The summed E-state index contributed by atoms with van der Waals surface area (Å²) in [5.41, 5.74) is 1.37. The Balaban J connectivity index is 2.08. The Hall–Kier alpha value is -1.02. The monoisotopic (exact) mass is 218 g/mol. The van der Waals surface area contributed by atoms with E-state index >= 15 is 0 Å². The Bertz CT molecular complexity index is 424. The van der Waals surface area contributed by atoms with E-state index in [1.165, 1.54) is 5.56 Å². The van der Waals surface area contributed by atoms with Crippen LogP contribution in [0.4, 0.5) is 0 Å². The summed E-state index contributed by atoms with van der Waals surface area (Å²) in [6, 6.07) is 8.28. The van der Waals surface area contributed by atoms with E-state index in [1.54, 1.807) is 0 Å². The highest BCUT2D eigenvalue weighted by Crippen LogP contribution is 2.63. The van der Waals surface area contributed by atoms with Crippen LogP contribution in [0.2, 0.25) is 0 Å². The van der Waals surface area contributed by atoms with Crippen LogP contribution in [0.25, 0.3) is 0 Å². The van der Waals surface area contributed by atoms with Crippen molar-refractivity contribution in [3.63, 3.8) is 0 Å². The molecule has 3 rings (SSSR count). The Morgan fingerprint density at radius 2 is 2.12 bits per heavy atom. The first-order chi connectivity index (χ1) is 7.57. The van der Waals surface area contributed by atoms with Crippen LogP contribution >= 0.6 is 0 Å². The highest BCUT2D eigenvalue weighted by molar-refractivity contribution is 5.47. The lowest BCUT2D eigenvalue weighted by atomic mass is 9.80. The molecule has 86 valence electrons. The number of ether oxygens (including phenoxy) is 1. The Morgan fingerprint density at radius 1 is 1.38 bits per heavy atom. The second-order valence-electron chi connectivity index (χ2n) is 5.77. The van der Waals surface area contributed by atoms with Crippen LogP contribution in [-0.4, -0.2) is 17.3 Å². The predicted octanol–water partition coefficient (Wildman–Crippen LogP) is 2.50. The third kappa shape index (κ3) is 1.29. The molecule has 0 bridgehead atoms. The molecule has 1 fully saturated rings. The fourth-order valence-corrected chi connectivity index (χ4v) is 3.32. The molecule has 1 aromatic carbocycles. The fraction of sp³-hybridized carbons (Fsp3) is 0.571. The van der Waals surface area contributed by atoms with E-state index in [-0.39, 0.29) is 11.0 Å². The van der Waals surface area contributed by atoms with Crippen molar-refractivity contribution in [1.29, 1.82) is 0 Å². The van der Waals surface area contributed by atoms with Crippen molar-refractivity contribution in [2.45, 2.75) is 37.7 Å². The van der Waals surface area contributed by atoms with E-state index in [9.17, 15) is 5.11 Å². The summed E-state index contributed by atoms with van der Waals surface area (Å²) in [4.78, 5) is 0. The molecule has 0 radical (unpaired) electrons. The maximum atomic E-state index is 9.38. The van der Waals surface area contributed by atoms with E-state index in [1.807, 2.05) is 12.1 Å². The number of aliphatic hydroxyl groups excluding tert-OH is 1. The van der Waals surface area contributed by atoms with Gasteiger partial charge in [0.25, 0.3) is 0 Å². The molecule has 1 N–H and O–H groups in total. The SMILES string of the molecule is CC1(C)CC2(CC2CO)c2ccccc2O1. The van der Waals surface area contributed by atoms with Crippen molar-refractivity contribution in [1.82, 2.24) is 0 Å². The average molecular weight is 218 g/mol. The second kappa shape index (κ2) is 3.01. The Kier molecular flexibility index (Phi) is 1.91. The largest absolute Gasteiger partial charge is 0.488 e. The molecule has 2 atom stereocenters. The van der Waals surface area contributed by atoms with Crippen molar-refractivity contribution in [2.75, 3.05) is 6.61 Å². The number of rotatable bonds is 1. The van der Waals surface area contributed by atoms with Gasteiger partial charge in [0.15, 0.2) is 0 Å². The van der Waals surface area contributed by atoms with Crippen LogP contribution in [0.3, 0.4) is 0 Å². The molecule has 2 nitrogen and oxygen atoms in total. The molecule has 2 heteroatoms. The quantitative estimate of drug-likeness (QED) is 0.784. The van der Waals surface area contributed by atoms with E-state index in [2.05, 4.69) is 26.0 Å². The van der Waals surface area contributed by atoms with Crippen LogP contribution in [0.1, 0.15) is 32.3 Å². The van der Waals surface area contributed by atoms with Crippen LogP contribution in [0.15, 0.2) is 24.3 Å². The van der Waals surface area contributed by atoms with Crippen molar-refractivity contribution in [3.8, 4) is 5.75 Å². The molecular weight excluding hydrogens is 200 g/mol. The first-order valence-corrected chi connectivity index (χ1v) is 5.97. The van der Waals surface area contributed by atoms with Crippen LogP contribution in [0.5, 0.6) is 5.75 Å². The number of fused-ring (bicyclic) bond motifs is 2. The Morgan fingerprint density at radius 3 is 2.81 bits per heavy atom. The minimum Gasteiger partial charge on any atom is -0.488 e. The van der Waals surface area contributed by atoms with Crippen molar-refractivity contribution < 1.29 is 9.84 Å². The van der Waals surface area contributed by atoms with Gasteiger partial charge in [-0.1, -0.05) is 18.2 Å². The highest BCUT2D eigenvalue weighted by atomic mass is 16.5. The highest BCUT2D eigenvalue weighted by Gasteiger charge is 2.60. The summed E-state index contributed by atoms with van der Waals surface area (Å²) in [5.74, 6) is 1.44. The van der Waals surface area contributed by atoms with Gasteiger partial charge in [-0.2, -0.15) is 0 Å². The smallest absolute Gasteiger partial charge is 0.123 e. The van der Waals surface area contributed by atoms with Crippen molar-refractivity contribution >= 4 is 0 Å². The van der Waals surface area contributed by atoms with Crippen LogP contribution < -0.4 is 4.74 Å². The van der Waals surface area contributed by atoms with Gasteiger partial charge in [0.1, 0.15) is 11.4 Å². The molecule has 16 heavy (non-hydrogen) atoms. The van der Waals surface area contributed by atoms with Crippen LogP contribution in [-0.2, 0) is 5.41 Å². The molecule has 2 aliphatic rings. The van der Waals surface area contributed by atoms with Crippen molar-refractivity contribution in [2.24, 2.45) is 5.92 Å². The van der Waals surface area contributed by atoms with Gasteiger partial charge in [0, 0.05) is 17.6 Å². The summed E-state index contributed by atoms with van der Waals surface area (Å²) in [5, 5.41) is 9.38. The molecule has 1 heterocycles. The summed E-state index contributed by atoms with van der Waals surface area (Å²) < 4.78 is 6.01. The van der Waals surface area contributed by atoms with Gasteiger partial charge in [-0.15, -0.1) is 0 Å². The summed E-state index contributed by atoms with van der Waals surface area (Å²) in [6.45, 7) is 4.57. The minimum absolute atomic E-state index is 0.113. The van der Waals surface area contributed by atoms with Crippen molar-refractivity contribution in [3.05, 3.63) is 29.8 Å². The van der Waals surface area contributed by atoms with Gasteiger partial charge < -0.3 is 9.84 Å². The number of hydrogen-bond acceptors (Lipinski definition) is 2. The topological polar surface area (TPSA) is 29.5 Å². The van der Waals surface area contributed by atoms with Gasteiger partial charge in [0.05, 0.1) is 0 Å². The third-order valence-corrected chi connectivity index (χ3v) is 4.00. The summed E-state index contributed by atoms with van der Waals surface area (Å²) in [6.07, 6.45) is 2.12. The van der Waals surface area contributed by atoms with E-state index in [0.29, 0.717) is 12.5 Å². The molecular formula is C14H18O2. The second-order valence-corrected chi connectivity index (χ2v) is 5.77. The number of aliphatic hydroxyl groups is 1. The molecule has 0 aromatic heterocycles. The lowest BCUT2D eigenvalue weighted by molar-refractivity contribution is 0.0613. The van der Waals surface area contributed by atoms with Gasteiger partial charge in [-0.3, -0.25) is 0 Å². The normalized spacial score (nSPS) is 34.3. The molecule has 0 amide bonds. The number of benzene rings is 1. The van der Waals surface area contributed by atoms with E-state index < -0.39 is 0 Å². The number of para-hydroxylation sites is 1. The minimum atomic E-state index is -0.113. The molecule has 2 unspecified atom stereocenters. The molecule has 1 aliphatic carbocycles. The third-order valence-electron chi connectivity index (χ3n) is 4.00. The first-order valence-electron chi connectivity index (χ1n) is 5.97. The van der Waals surface area contributed by atoms with Gasteiger partial charge >= 0.3 is 0 Å². The Labute approximate surface area is 96.2 Å². The molecule has 0 saturated heterocycles. The summed E-state index contributed by atoms with van der Waals surface area (Å²) in [7, 11) is 0. The lowest BCUT2D eigenvalue weighted by Gasteiger charge is -2.38. The maximum Gasteiger partial charge on any atom is 0.123 e. The van der Waals surface area contributed by atoms with E-state index in [0.717, 1.165) is 18.6 Å². The van der Waals surface area contributed by atoms with Gasteiger partial charge in [0.2, 0.25) is 0 Å². The maximum absolute atomic E-state index is 9.38. The molecule has 1 aromatic rings. The fourth-order valence-electron chi connectivity index (χ4n) is 3.32.